The molecule has 1 heterocycles. The molecule has 6 nitrogen and oxygen atoms in total. The number of carbonyl (C=O) groups excluding carboxylic acids is 1. The monoisotopic (exact) mass is 323 g/mol. The first-order valence-electron chi connectivity index (χ1n) is 6.72. The SMILES string of the molecule is CC(=O)c1ccc(S(=O)(=O)NCC[C@H](O)c2ccco2)cc1. The molecule has 2 rings (SSSR count). The van der Waals surface area contributed by atoms with Gasteiger partial charge in [0, 0.05) is 12.1 Å². The van der Waals surface area contributed by atoms with Crippen LogP contribution in [0.15, 0.2) is 52.0 Å². The van der Waals surface area contributed by atoms with Gasteiger partial charge in [0.05, 0.1) is 11.2 Å². The van der Waals surface area contributed by atoms with E-state index in [-0.39, 0.29) is 23.6 Å². The lowest BCUT2D eigenvalue weighted by atomic mass is 10.2. The summed E-state index contributed by atoms with van der Waals surface area (Å²) in [6.07, 6.45) is 0.773. The number of aliphatic hydroxyl groups excluding tert-OH is 1. The third kappa shape index (κ3) is 4.03. The summed E-state index contributed by atoms with van der Waals surface area (Å²) in [5.74, 6) is 0.267. The number of hydrogen-bond acceptors (Lipinski definition) is 5. The molecular weight excluding hydrogens is 306 g/mol. The van der Waals surface area contributed by atoms with Crippen LogP contribution in [0.3, 0.4) is 0 Å². The van der Waals surface area contributed by atoms with Gasteiger partial charge < -0.3 is 9.52 Å². The summed E-state index contributed by atoms with van der Waals surface area (Å²) in [4.78, 5) is 11.2. The van der Waals surface area contributed by atoms with Gasteiger partial charge in [0.15, 0.2) is 5.78 Å². The van der Waals surface area contributed by atoms with E-state index in [1.165, 1.54) is 37.5 Å². The van der Waals surface area contributed by atoms with Crippen LogP contribution in [-0.2, 0) is 10.0 Å². The zero-order valence-electron chi connectivity index (χ0n) is 12.0. The minimum Gasteiger partial charge on any atom is -0.467 e. The van der Waals surface area contributed by atoms with Gasteiger partial charge in [-0.25, -0.2) is 13.1 Å². The quantitative estimate of drug-likeness (QED) is 0.758. The first-order valence-corrected chi connectivity index (χ1v) is 8.20. The van der Waals surface area contributed by atoms with Gasteiger partial charge in [-0.1, -0.05) is 12.1 Å². The van der Waals surface area contributed by atoms with Crippen LogP contribution in [0.25, 0.3) is 0 Å². The molecule has 1 atom stereocenters. The van der Waals surface area contributed by atoms with Crippen LogP contribution in [0, 0.1) is 0 Å². The molecule has 0 bridgehead atoms. The molecule has 0 aliphatic carbocycles. The van der Waals surface area contributed by atoms with Crippen molar-refractivity contribution >= 4 is 15.8 Å². The maximum Gasteiger partial charge on any atom is 0.240 e. The largest absolute Gasteiger partial charge is 0.467 e. The molecule has 0 spiro atoms. The minimum absolute atomic E-state index is 0.0681. The van der Waals surface area contributed by atoms with Gasteiger partial charge in [-0.3, -0.25) is 4.79 Å². The average molecular weight is 323 g/mol. The number of rotatable bonds is 7. The molecule has 0 fully saturated rings. The molecule has 22 heavy (non-hydrogen) atoms. The van der Waals surface area contributed by atoms with E-state index in [0.717, 1.165) is 0 Å². The fourth-order valence-electron chi connectivity index (χ4n) is 1.91. The maximum absolute atomic E-state index is 12.1. The van der Waals surface area contributed by atoms with Gasteiger partial charge in [-0.2, -0.15) is 0 Å². The lowest BCUT2D eigenvalue weighted by Crippen LogP contribution is -2.26. The Bertz CT molecular complexity index is 720. The van der Waals surface area contributed by atoms with Gasteiger partial charge in [0.25, 0.3) is 0 Å². The predicted octanol–water partition coefficient (Wildman–Crippen LogP) is 1.88. The van der Waals surface area contributed by atoms with Crippen LogP contribution in [0.2, 0.25) is 0 Å². The van der Waals surface area contributed by atoms with Crippen molar-refractivity contribution < 1.29 is 22.7 Å². The number of aliphatic hydroxyl groups is 1. The molecule has 118 valence electrons. The summed E-state index contributed by atoms with van der Waals surface area (Å²) in [5.41, 5.74) is 0.451. The smallest absolute Gasteiger partial charge is 0.240 e. The molecule has 0 aliphatic heterocycles. The van der Waals surface area contributed by atoms with Gasteiger partial charge in [-0.05, 0) is 37.6 Å². The van der Waals surface area contributed by atoms with Crippen LogP contribution in [-0.4, -0.2) is 25.9 Å². The highest BCUT2D eigenvalue weighted by Gasteiger charge is 2.16. The molecular formula is C15H17NO5S. The predicted molar refractivity (Wildman–Crippen MR) is 79.9 cm³/mol. The second-order valence-corrected chi connectivity index (χ2v) is 6.57. The minimum atomic E-state index is -3.67. The number of ketones is 1. The molecule has 2 N–H and O–H groups in total. The van der Waals surface area contributed by atoms with Crippen molar-refractivity contribution in [3.63, 3.8) is 0 Å². The van der Waals surface area contributed by atoms with Crippen molar-refractivity contribution in [1.29, 1.82) is 0 Å². The van der Waals surface area contributed by atoms with Crippen molar-refractivity contribution in [3.05, 3.63) is 54.0 Å². The Morgan fingerprint density at radius 3 is 2.50 bits per heavy atom. The molecule has 1 aromatic heterocycles. The molecule has 0 saturated carbocycles. The molecule has 1 aromatic carbocycles. The van der Waals surface area contributed by atoms with Crippen molar-refractivity contribution in [2.45, 2.75) is 24.3 Å². The summed E-state index contributed by atoms with van der Waals surface area (Å²) in [6.45, 7) is 1.48. The van der Waals surface area contributed by atoms with Crippen molar-refractivity contribution in [2.24, 2.45) is 0 Å². The Labute approximate surface area is 128 Å². The zero-order valence-corrected chi connectivity index (χ0v) is 12.8. The molecule has 0 saturated heterocycles. The van der Waals surface area contributed by atoms with Crippen LogP contribution in [0.5, 0.6) is 0 Å². The van der Waals surface area contributed by atoms with Crippen molar-refractivity contribution in [2.75, 3.05) is 6.54 Å². The van der Waals surface area contributed by atoms with Crippen LogP contribution >= 0.6 is 0 Å². The summed E-state index contributed by atoms with van der Waals surface area (Å²) in [6, 6.07) is 8.96. The Morgan fingerprint density at radius 1 is 1.27 bits per heavy atom. The number of hydrogen-bond donors (Lipinski definition) is 2. The highest BCUT2D eigenvalue weighted by molar-refractivity contribution is 7.89. The van der Waals surface area contributed by atoms with Gasteiger partial charge in [0.1, 0.15) is 11.9 Å². The second kappa shape index (κ2) is 6.87. The Morgan fingerprint density at radius 2 is 1.95 bits per heavy atom. The fourth-order valence-corrected chi connectivity index (χ4v) is 2.95. The van der Waals surface area contributed by atoms with E-state index < -0.39 is 16.1 Å². The third-order valence-corrected chi connectivity index (χ3v) is 4.63. The third-order valence-electron chi connectivity index (χ3n) is 3.15. The lowest BCUT2D eigenvalue weighted by molar-refractivity contribution is 0.101. The van der Waals surface area contributed by atoms with E-state index in [1.807, 2.05) is 0 Å². The fraction of sp³-hybridized carbons (Fsp3) is 0.267. The first-order chi connectivity index (χ1) is 10.4. The number of carbonyl (C=O) groups is 1. The van der Waals surface area contributed by atoms with E-state index in [2.05, 4.69) is 4.72 Å². The number of benzene rings is 1. The van der Waals surface area contributed by atoms with E-state index in [0.29, 0.717) is 11.3 Å². The Balaban J connectivity index is 1.95. The normalized spacial score (nSPS) is 13.0. The van der Waals surface area contributed by atoms with Crippen LogP contribution < -0.4 is 4.72 Å². The second-order valence-electron chi connectivity index (χ2n) is 4.80. The number of sulfonamides is 1. The number of nitrogens with one attached hydrogen (secondary N) is 1. The molecule has 0 amide bonds. The van der Waals surface area contributed by atoms with Crippen molar-refractivity contribution in [3.8, 4) is 0 Å². The molecule has 7 heteroatoms. The van der Waals surface area contributed by atoms with E-state index in [4.69, 9.17) is 4.42 Å². The highest BCUT2D eigenvalue weighted by atomic mass is 32.2. The van der Waals surface area contributed by atoms with E-state index in [9.17, 15) is 18.3 Å². The summed E-state index contributed by atoms with van der Waals surface area (Å²) < 4.78 is 31.6. The maximum atomic E-state index is 12.1. The average Bonchev–Trinajstić information content (AvgIpc) is 3.01. The lowest BCUT2D eigenvalue weighted by Gasteiger charge is -2.10. The number of Topliss-reactive ketones (excluding diaryl/α,β-unsaturated/α-hetero) is 1. The van der Waals surface area contributed by atoms with Crippen molar-refractivity contribution in [1.82, 2.24) is 4.72 Å². The van der Waals surface area contributed by atoms with Crippen LogP contribution in [0.1, 0.15) is 35.6 Å². The molecule has 2 aromatic rings. The summed E-state index contributed by atoms with van der Waals surface area (Å²) in [5, 5.41) is 9.81. The van der Waals surface area contributed by atoms with E-state index in [1.54, 1.807) is 12.1 Å². The molecule has 0 radical (unpaired) electrons. The van der Waals surface area contributed by atoms with Gasteiger partial charge >= 0.3 is 0 Å². The standard InChI is InChI=1S/C15H17NO5S/c1-11(17)12-4-6-13(7-5-12)22(19,20)16-9-8-14(18)15-3-2-10-21-15/h2-7,10,14,16,18H,8-9H2,1H3/t14-/m0/s1. The summed E-state index contributed by atoms with van der Waals surface area (Å²) in [7, 11) is -3.67. The van der Waals surface area contributed by atoms with Gasteiger partial charge in [0.2, 0.25) is 10.0 Å². The van der Waals surface area contributed by atoms with E-state index >= 15 is 0 Å². The summed E-state index contributed by atoms with van der Waals surface area (Å²) >= 11 is 0. The van der Waals surface area contributed by atoms with Crippen LogP contribution in [0.4, 0.5) is 0 Å². The highest BCUT2D eigenvalue weighted by Crippen LogP contribution is 2.17. The number of furan rings is 1. The molecule has 0 aliphatic rings. The zero-order chi connectivity index (χ0) is 16.2. The Kier molecular flexibility index (Phi) is 5.12. The topological polar surface area (TPSA) is 96.6 Å². The Hall–Kier alpha value is -1.96. The molecule has 0 unspecified atom stereocenters. The van der Waals surface area contributed by atoms with Gasteiger partial charge in [-0.15, -0.1) is 0 Å². The first kappa shape index (κ1) is 16.4.